The number of aryl methyl sites for hydroxylation is 1. The van der Waals surface area contributed by atoms with Crippen molar-refractivity contribution in [1.82, 2.24) is 9.88 Å². The molecule has 9 heteroatoms. The van der Waals surface area contributed by atoms with E-state index < -0.39 is 41.7 Å². The van der Waals surface area contributed by atoms with Crippen molar-refractivity contribution >= 4 is 29.5 Å². The number of Topliss-reactive ketones (excluding diaryl/α,β-unsaturated/α-hetero) is 1. The van der Waals surface area contributed by atoms with Crippen LogP contribution in [0.3, 0.4) is 0 Å². The third-order valence-electron chi connectivity index (χ3n) is 6.01. The van der Waals surface area contributed by atoms with Crippen LogP contribution in [0.4, 0.5) is 0 Å². The van der Waals surface area contributed by atoms with Crippen molar-refractivity contribution in [2.75, 3.05) is 7.11 Å². The molecule has 2 aliphatic rings. The van der Waals surface area contributed by atoms with Gasteiger partial charge in [-0.05, 0) is 46.1 Å². The van der Waals surface area contributed by atoms with Crippen LogP contribution in [0.15, 0.2) is 12.2 Å². The first kappa shape index (κ1) is 22.5. The lowest BCUT2D eigenvalue weighted by Gasteiger charge is -2.23. The molecule has 0 spiro atoms. The summed E-state index contributed by atoms with van der Waals surface area (Å²) in [4.78, 5) is 66.6. The van der Waals surface area contributed by atoms with Crippen LogP contribution in [0.25, 0.3) is 0 Å². The van der Waals surface area contributed by atoms with Crippen LogP contribution in [-0.4, -0.2) is 58.7 Å². The summed E-state index contributed by atoms with van der Waals surface area (Å²) in [6.45, 7) is 6.04. The van der Waals surface area contributed by atoms with Gasteiger partial charge in [0, 0.05) is 5.69 Å². The van der Waals surface area contributed by atoms with Crippen LogP contribution in [0, 0.1) is 25.7 Å². The predicted molar refractivity (Wildman–Crippen MR) is 108 cm³/mol. The Balaban J connectivity index is 1.72. The Morgan fingerprint density at radius 3 is 2.13 bits per heavy atom. The van der Waals surface area contributed by atoms with Gasteiger partial charge in [-0.1, -0.05) is 12.2 Å². The van der Waals surface area contributed by atoms with E-state index in [1.54, 1.807) is 13.8 Å². The lowest BCUT2D eigenvalue weighted by molar-refractivity contribution is -0.159. The second-order valence-corrected chi connectivity index (χ2v) is 7.94. The SMILES string of the molecule is COC(=O)c1c(C)[nH]c(C(=O)C(C)OC(=O)[C@H](C)N2C(=O)C3CC=CCC3C2=O)c1C. The number of H-pyrrole nitrogens is 1. The van der Waals surface area contributed by atoms with Gasteiger partial charge in [0.2, 0.25) is 17.6 Å². The second-order valence-electron chi connectivity index (χ2n) is 7.94. The van der Waals surface area contributed by atoms with E-state index >= 15 is 0 Å². The van der Waals surface area contributed by atoms with Crippen molar-refractivity contribution < 1.29 is 33.4 Å². The molecule has 3 unspecified atom stereocenters. The van der Waals surface area contributed by atoms with Gasteiger partial charge in [-0.2, -0.15) is 0 Å². The van der Waals surface area contributed by atoms with Gasteiger partial charge in [-0.15, -0.1) is 0 Å². The number of ketones is 1. The summed E-state index contributed by atoms with van der Waals surface area (Å²) in [5.74, 6) is -3.63. The van der Waals surface area contributed by atoms with Gasteiger partial charge < -0.3 is 14.5 Å². The first-order valence-electron chi connectivity index (χ1n) is 10.1. The highest BCUT2D eigenvalue weighted by Crippen LogP contribution is 2.36. The Morgan fingerprint density at radius 1 is 1.06 bits per heavy atom. The maximum atomic E-state index is 12.8. The molecule has 1 aromatic heterocycles. The molecule has 9 nitrogen and oxygen atoms in total. The molecule has 3 rings (SSSR count). The highest BCUT2D eigenvalue weighted by atomic mass is 16.5. The van der Waals surface area contributed by atoms with E-state index in [2.05, 4.69) is 4.98 Å². The maximum Gasteiger partial charge on any atom is 0.339 e. The smallest absolute Gasteiger partial charge is 0.339 e. The normalized spacial score (nSPS) is 22.2. The van der Waals surface area contributed by atoms with E-state index in [4.69, 9.17) is 9.47 Å². The Hall–Kier alpha value is -3.23. The van der Waals surface area contributed by atoms with Gasteiger partial charge in [0.1, 0.15) is 6.04 Å². The molecule has 1 aliphatic carbocycles. The van der Waals surface area contributed by atoms with Crippen LogP contribution in [0.1, 0.15) is 58.8 Å². The Kier molecular flexibility index (Phi) is 6.15. The Bertz CT molecular complexity index is 964. The van der Waals surface area contributed by atoms with E-state index in [1.165, 1.54) is 21.0 Å². The van der Waals surface area contributed by atoms with Crippen LogP contribution < -0.4 is 0 Å². The molecule has 4 atom stereocenters. The number of amides is 2. The number of hydrogen-bond acceptors (Lipinski definition) is 7. The number of imide groups is 1. The van der Waals surface area contributed by atoms with Crippen LogP contribution in [0.2, 0.25) is 0 Å². The highest BCUT2D eigenvalue weighted by Gasteiger charge is 2.50. The molecule has 0 aromatic carbocycles. The number of nitrogens with one attached hydrogen (secondary N) is 1. The predicted octanol–water partition coefficient (Wildman–Crippen LogP) is 1.87. The molecule has 0 bridgehead atoms. The fraction of sp³-hybridized carbons (Fsp3) is 0.500. The molecule has 0 saturated carbocycles. The quantitative estimate of drug-likeness (QED) is 0.316. The number of hydrogen-bond donors (Lipinski definition) is 1. The zero-order chi connectivity index (χ0) is 23.0. The summed E-state index contributed by atoms with van der Waals surface area (Å²) in [5.41, 5.74) is 1.24. The number of carbonyl (C=O) groups excluding carboxylic acids is 5. The summed E-state index contributed by atoms with van der Waals surface area (Å²) < 4.78 is 10.0. The van der Waals surface area contributed by atoms with Gasteiger partial charge in [-0.25, -0.2) is 9.59 Å². The number of likely N-dealkylation sites (tertiary alicyclic amines) is 1. The third-order valence-corrected chi connectivity index (χ3v) is 6.01. The summed E-state index contributed by atoms with van der Waals surface area (Å²) >= 11 is 0. The maximum absolute atomic E-state index is 12.8. The summed E-state index contributed by atoms with van der Waals surface area (Å²) in [7, 11) is 1.24. The van der Waals surface area contributed by atoms with Crippen LogP contribution in [0.5, 0.6) is 0 Å². The molecule has 2 heterocycles. The number of nitrogens with zero attached hydrogens (tertiary/aromatic N) is 1. The number of ether oxygens (including phenoxy) is 2. The molecular weight excluding hydrogens is 404 g/mol. The number of carbonyl (C=O) groups is 5. The van der Waals surface area contributed by atoms with Crippen molar-refractivity contribution in [2.45, 2.75) is 52.7 Å². The number of rotatable bonds is 6. The number of fused-ring (bicyclic) bond motifs is 1. The van der Waals surface area contributed by atoms with E-state index in [1.807, 2.05) is 12.2 Å². The van der Waals surface area contributed by atoms with Gasteiger partial charge in [0.25, 0.3) is 0 Å². The second kappa shape index (κ2) is 8.49. The average molecular weight is 430 g/mol. The zero-order valence-corrected chi connectivity index (χ0v) is 18.2. The lowest BCUT2D eigenvalue weighted by atomic mass is 9.85. The molecule has 1 saturated heterocycles. The number of allylic oxidation sites excluding steroid dienone is 2. The fourth-order valence-corrected chi connectivity index (χ4v) is 4.25. The minimum atomic E-state index is -1.19. The van der Waals surface area contributed by atoms with Gasteiger partial charge >= 0.3 is 11.9 Å². The minimum Gasteiger partial charge on any atom is -0.465 e. The largest absolute Gasteiger partial charge is 0.465 e. The summed E-state index contributed by atoms with van der Waals surface area (Å²) in [6, 6.07) is -1.14. The van der Waals surface area contributed by atoms with Crippen molar-refractivity contribution in [2.24, 2.45) is 11.8 Å². The molecule has 1 aromatic rings. The van der Waals surface area contributed by atoms with E-state index in [0.717, 1.165) is 4.90 Å². The highest BCUT2D eigenvalue weighted by molar-refractivity contribution is 6.08. The molecule has 1 N–H and O–H groups in total. The first-order chi connectivity index (χ1) is 14.6. The standard InChI is InChI=1S/C22H26N2O7/c1-10-16(22(29)30-5)11(2)23-17(10)18(25)13(4)31-21(28)12(3)24-19(26)14-8-6-7-9-15(14)20(24)27/h6-7,12-15,23H,8-9H2,1-5H3/t12-,13?,14?,15?/m0/s1. The number of esters is 2. The topological polar surface area (TPSA) is 123 Å². The van der Waals surface area contributed by atoms with Crippen LogP contribution >= 0.6 is 0 Å². The zero-order valence-electron chi connectivity index (χ0n) is 18.2. The molecule has 1 fully saturated rings. The molecular formula is C22H26N2O7. The van der Waals surface area contributed by atoms with E-state index in [9.17, 15) is 24.0 Å². The van der Waals surface area contributed by atoms with E-state index in [-0.39, 0.29) is 23.1 Å². The first-order valence-corrected chi connectivity index (χ1v) is 10.1. The van der Waals surface area contributed by atoms with E-state index in [0.29, 0.717) is 24.1 Å². The number of aromatic amines is 1. The lowest BCUT2D eigenvalue weighted by Crippen LogP contribution is -2.45. The fourth-order valence-electron chi connectivity index (χ4n) is 4.25. The molecule has 0 radical (unpaired) electrons. The van der Waals surface area contributed by atoms with Gasteiger partial charge in [-0.3, -0.25) is 19.3 Å². The van der Waals surface area contributed by atoms with Gasteiger partial charge in [0.05, 0.1) is 30.2 Å². The summed E-state index contributed by atoms with van der Waals surface area (Å²) in [5, 5.41) is 0. The van der Waals surface area contributed by atoms with Crippen molar-refractivity contribution in [3.05, 3.63) is 34.7 Å². The van der Waals surface area contributed by atoms with Crippen molar-refractivity contribution in [1.29, 1.82) is 0 Å². The Labute approximate surface area is 179 Å². The monoisotopic (exact) mass is 430 g/mol. The average Bonchev–Trinajstić information content (AvgIpc) is 3.19. The number of aromatic nitrogens is 1. The van der Waals surface area contributed by atoms with Crippen molar-refractivity contribution in [3.8, 4) is 0 Å². The molecule has 2 amide bonds. The molecule has 31 heavy (non-hydrogen) atoms. The molecule has 1 aliphatic heterocycles. The summed E-state index contributed by atoms with van der Waals surface area (Å²) in [6.07, 6.45) is 3.48. The third kappa shape index (κ3) is 3.80. The number of methoxy groups -OCH3 is 1. The minimum absolute atomic E-state index is 0.135. The Morgan fingerprint density at radius 2 is 1.61 bits per heavy atom. The van der Waals surface area contributed by atoms with Crippen molar-refractivity contribution in [3.63, 3.8) is 0 Å². The molecule has 166 valence electrons. The van der Waals surface area contributed by atoms with Gasteiger partial charge in [0.15, 0.2) is 6.10 Å². The van der Waals surface area contributed by atoms with Crippen LogP contribution in [-0.2, 0) is 23.9 Å².